The number of carbonyl (C=O) groups excluding carboxylic acids is 2. The minimum Gasteiger partial charge on any atom is -0.321 e. The summed E-state index contributed by atoms with van der Waals surface area (Å²) in [5.41, 5.74) is 3.50. The fourth-order valence-corrected chi connectivity index (χ4v) is 4.05. The Labute approximate surface area is 162 Å². The zero-order valence-corrected chi connectivity index (χ0v) is 15.8. The highest BCUT2D eigenvalue weighted by atomic mass is 32.1. The van der Waals surface area contributed by atoms with Gasteiger partial charge in [-0.15, -0.1) is 11.3 Å². The molecule has 2 heterocycles. The molecule has 1 atom stereocenters. The Morgan fingerprint density at radius 1 is 1.04 bits per heavy atom. The minimum atomic E-state index is -0.136. The van der Waals surface area contributed by atoms with Crippen LogP contribution in [-0.4, -0.2) is 17.9 Å². The second-order valence-electron chi connectivity index (χ2n) is 6.70. The summed E-state index contributed by atoms with van der Waals surface area (Å²) >= 11 is 1.40. The Kier molecular flexibility index (Phi) is 4.77. The van der Waals surface area contributed by atoms with Gasteiger partial charge in [0, 0.05) is 23.0 Å². The lowest BCUT2D eigenvalue weighted by molar-refractivity contribution is 0.0974. The third-order valence-corrected chi connectivity index (χ3v) is 5.75. The van der Waals surface area contributed by atoms with E-state index in [1.807, 2.05) is 34.5 Å². The van der Waals surface area contributed by atoms with Gasteiger partial charge in [0.2, 0.25) is 0 Å². The number of hydrogen-bond donors (Lipinski definition) is 1. The number of para-hydroxylation sites is 1. The maximum absolute atomic E-state index is 13.1. The molecule has 4 rings (SSSR count). The van der Waals surface area contributed by atoms with Gasteiger partial charge in [0.05, 0.1) is 4.88 Å². The van der Waals surface area contributed by atoms with Gasteiger partial charge in [0.1, 0.15) is 0 Å². The van der Waals surface area contributed by atoms with Crippen molar-refractivity contribution in [3.63, 3.8) is 0 Å². The number of amides is 2. The van der Waals surface area contributed by atoms with Gasteiger partial charge in [-0.2, -0.15) is 0 Å². The third kappa shape index (κ3) is 3.51. The van der Waals surface area contributed by atoms with Crippen LogP contribution in [0.3, 0.4) is 0 Å². The van der Waals surface area contributed by atoms with E-state index in [-0.39, 0.29) is 17.9 Å². The fourth-order valence-electron chi connectivity index (χ4n) is 3.43. The Morgan fingerprint density at radius 2 is 1.81 bits per heavy atom. The van der Waals surface area contributed by atoms with Crippen LogP contribution in [-0.2, 0) is 6.42 Å². The number of fused-ring (bicyclic) bond motifs is 1. The van der Waals surface area contributed by atoms with Crippen molar-refractivity contribution in [1.29, 1.82) is 0 Å². The van der Waals surface area contributed by atoms with Crippen molar-refractivity contribution in [2.45, 2.75) is 25.8 Å². The molecule has 3 aromatic rings. The molecular weight excluding hydrogens is 356 g/mol. The average molecular weight is 376 g/mol. The average Bonchev–Trinajstić information content (AvgIpc) is 3.23. The van der Waals surface area contributed by atoms with Gasteiger partial charge in [0.15, 0.2) is 0 Å². The topological polar surface area (TPSA) is 49.4 Å². The monoisotopic (exact) mass is 376 g/mol. The molecule has 1 aliphatic rings. The molecule has 4 nitrogen and oxygen atoms in total. The van der Waals surface area contributed by atoms with Crippen molar-refractivity contribution < 1.29 is 9.59 Å². The van der Waals surface area contributed by atoms with Gasteiger partial charge in [0.25, 0.3) is 11.8 Å². The Hall–Kier alpha value is -2.92. The number of nitrogens with one attached hydrogen (secondary N) is 1. The highest BCUT2D eigenvalue weighted by Gasteiger charge is 2.28. The molecule has 1 aromatic heterocycles. The summed E-state index contributed by atoms with van der Waals surface area (Å²) in [5, 5.41) is 4.73. The number of aryl methyl sites for hydroxylation is 1. The predicted molar refractivity (Wildman–Crippen MR) is 110 cm³/mol. The van der Waals surface area contributed by atoms with Crippen LogP contribution in [0, 0.1) is 0 Å². The van der Waals surface area contributed by atoms with Gasteiger partial charge < -0.3 is 10.2 Å². The van der Waals surface area contributed by atoms with Crippen molar-refractivity contribution in [1.82, 2.24) is 0 Å². The van der Waals surface area contributed by atoms with Crippen molar-refractivity contribution in [2.24, 2.45) is 0 Å². The van der Waals surface area contributed by atoms with Crippen molar-refractivity contribution in [3.05, 3.63) is 82.0 Å². The molecule has 0 saturated carbocycles. The summed E-state index contributed by atoms with van der Waals surface area (Å²) in [7, 11) is 0. The van der Waals surface area contributed by atoms with Crippen molar-refractivity contribution >= 4 is 34.5 Å². The molecule has 5 heteroatoms. The molecule has 0 bridgehead atoms. The fraction of sp³-hybridized carbons (Fsp3) is 0.182. The second-order valence-corrected chi connectivity index (χ2v) is 7.65. The molecule has 2 aromatic carbocycles. The summed E-state index contributed by atoms with van der Waals surface area (Å²) in [6, 6.07) is 19.0. The van der Waals surface area contributed by atoms with Crippen molar-refractivity contribution in [3.8, 4) is 0 Å². The predicted octanol–water partition coefficient (Wildman–Crippen LogP) is 4.98. The maximum Gasteiger partial charge on any atom is 0.265 e. The van der Waals surface area contributed by atoms with Crippen LogP contribution in [0.5, 0.6) is 0 Å². The van der Waals surface area contributed by atoms with E-state index in [4.69, 9.17) is 0 Å². The standard InChI is InChI=1S/C22H20N2O2S/c1-15-8-9-16-5-2-3-6-19(16)24(15)22(26)17-10-12-18(13-11-17)23-21(25)20-7-4-14-27-20/h2-7,10-15H,8-9H2,1H3,(H,23,25). The molecule has 0 radical (unpaired) electrons. The summed E-state index contributed by atoms with van der Waals surface area (Å²) in [6.45, 7) is 2.09. The Balaban J connectivity index is 1.54. The van der Waals surface area contributed by atoms with E-state index >= 15 is 0 Å². The smallest absolute Gasteiger partial charge is 0.265 e. The largest absolute Gasteiger partial charge is 0.321 e. The third-order valence-electron chi connectivity index (χ3n) is 4.88. The van der Waals surface area contributed by atoms with Crippen LogP contribution < -0.4 is 10.2 Å². The number of carbonyl (C=O) groups is 2. The number of benzene rings is 2. The Morgan fingerprint density at radius 3 is 2.56 bits per heavy atom. The van der Waals surface area contributed by atoms with Gasteiger partial charge in [-0.25, -0.2) is 0 Å². The van der Waals surface area contributed by atoms with Crippen LogP contribution in [0.15, 0.2) is 66.0 Å². The first-order valence-corrected chi connectivity index (χ1v) is 9.88. The molecule has 1 aliphatic heterocycles. The zero-order valence-electron chi connectivity index (χ0n) is 15.0. The molecule has 2 amide bonds. The first kappa shape index (κ1) is 17.5. The second kappa shape index (κ2) is 7.37. The molecule has 0 spiro atoms. The van der Waals surface area contributed by atoms with Gasteiger partial charge in [-0.05, 0) is 67.1 Å². The molecule has 0 fully saturated rings. The first-order valence-electron chi connectivity index (χ1n) is 9.00. The van der Waals surface area contributed by atoms with Crippen molar-refractivity contribution in [2.75, 3.05) is 10.2 Å². The molecule has 1 N–H and O–H groups in total. The van der Waals surface area contributed by atoms with Crippen LogP contribution in [0.4, 0.5) is 11.4 Å². The Bertz CT molecular complexity index is 964. The van der Waals surface area contributed by atoms with E-state index < -0.39 is 0 Å². The molecule has 136 valence electrons. The number of anilines is 2. The normalized spacial score (nSPS) is 15.9. The highest BCUT2D eigenvalue weighted by Crippen LogP contribution is 2.31. The van der Waals surface area contributed by atoms with E-state index in [1.165, 1.54) is 16.9 Å². The van der Waals surface area contributed by atoms with Crippen LogP contribution in [0.2, 0.25) is 0 Å². The van der Waals surface area contributed by atoms with Crippen LogP contribution in [0.25, 0.3) is 0 Å². The first-order chi connectivity index (χ1) is 13.1. The number of hydrogen-bond acceptors (Lipinski definition) is 3. The lowest BCUT2D eigenvalue weighted by Crippen LogP contribution is -2.42. The summed E-state index contributed by atoms with van der Waals surface area (Å²) in [4.78, 5) is 27.8. The number of nitrogens with zero attached hydrogens (tertiary/aromatic N) is 1. The van der Waals surface area contributed by atoms with E-state index in [0.717, 1.165) is 18.5 Å². The zero-order chi connectivity index (χ0) is 18.8. The molecule has 1 unspecified atom stereocenters. The van der Waals surface area contributed by atoms with E-state index in [0.29, 0.717) is 16.1 Å². The van der Waals surface area contributed by atoms with E-state index in [2.05, 4.69) is 18.3 Å². The summed E-state index contributed by atoms with van der Waals surface area (Å²) < 4.78 is 0. The van der Waals surface area contributed by atoms with Gasteiger partial charge in [-0.3, -0.25) is 9.59 Å². The molecular formula is C22H20N2O2S. The lowest BCUT2D eigenvalue weighted by atomic mass is 9.95. The SMILES string of the molecule is CC1CCc2ccccc2N1C(=O)c1ccc(NC(=O)c2cccs2)cc1. The van der Waals surface area contributed by atoms with Crippen LogP contribution >= 0.6 is 11.3 Å². The molecule has 27 heavy (non-hydrogen) atoms. The lowest BCUT2D eigenvalue weighted by Gasteiger charge is -2.35. The summed E-state index contributed by atoms with van der Waals surface area (Å²) in [6.07, 6.45) is 1.95. The van der Waals surface area contributed by atoms with Gasteiger partial charge in [-0.1, -0.05) is 24.3 Å². The summed E-state index contributed by atoms with van der Waals surface area (Å²) in [5.74, 6) is -0.145. The number of rotatable bonds is 3. The highest BCUT2D eigenvalue weighted by molar-refractivity contribution is 7.12. The number of thiophene rings is 1. The quantitative estimate of drug-likeness (QED) is 0.701. The molecule has 0 saturated heterocycles. The van der Waals surface area contributed by atoms with E-state index in [1.54, 1.807) is 30.3 Å². The maximum atomic E-state index is 13.1. The minimum absolute atomic E-state index is 0.00853. The van der Waals surface area contributed by atoms with Gasteiger partial charge >= 0.3 is 0 Å². The molecule has 0 aliphatic carbocycles. The van der Waals surface area contributed by atoms with Crippen LogP contribution in [0.1, 0.15) is 38.9 Å². The van der Waals surface area contributed by atoms with E-state index in [9.17, 15) is 9.59 Å².